The molecule has 0 saturated heterocycles. The van der Waals surface area contributed by atoms with Crippen molar-refractivity contribution in [1.82, 2.24) is 4.98 Å². The van der Waals surface area contributed by atoms with Crippen LogP contribution in [0.3, 0.4) is 0 Å². The summed E-state index contributed by atoms with van der Waals surface area (Å²) in [5.41, 5.74) is 1.81. The number of aromatic nitrogens is 1. The van der Waals surface area contributed by atoms with Crippen LogP contribution < -0.4 is 20.1 Å². The van der Waals surface area contributed by atoms with Crippen LogP contribution in [-0.4, -0.2) is 30.0 Å². The van der Waals surface area contributed by atoms with Gasteiger partial charge in [-0.15, -0.1) is 11.3 Å². The maximum absolute atomic E-state index is 12.3. The van der Waals surface area contributed by atoms with E-state index in [2.05, 4.69) is 15.6 Å². The van der Waals surface area contributed by atoms with E-state index in [1.807, 2.05) is 5.38 Å². The van der Waals surface area contributed by atoms with Gasteiger partial charge in [0.05, 0.1) is 17.7 Å². The number of carbonyl (C=O) groups is 2. The first-order valence-corrected chi connectivity index (χ1v) is 9.97. The van der Waals surface area contributed by atoms with Crippen molar-refractivity contribution in [2.75, 3.05) is 23.8 Å². The maximum atomic E-state index is 12.3. The molecule has 0 atom stereocenters. The molecule has 0 unspecified atom stereocenters. The Kier molecular flexibility index (Phi) is 5.03. The third-order valence-electron chi connectivity index (χ3n) is 3.72. The normalized spacial score (nSPS) is 12.4. The summed E-state index contributed by atoms with van der Waals surface area (Å²) in [5.74, 6) is 0.876. The number of nitrogens with zero attached hydrogens (tertiary/aromatic N) is 1. The van der Waals surface area contributed by atoms with Gasteiger partial charge in [-0.3, -0.25) is 14.9 Å². The van der Waals surface area contributed by atoms with Gasteiger partial charge in [-0.2, -0.15) is 11.3 Å². The second kappa shape index (κ2) is 7.77. The van der Waals surface area contributed by atoms with Gasteiger partial charge in [0.1, 0.15) is 13.2 Å². The predicted molar refractivity (Wildman–Crippen MR) is 104 cm³/mol. The van der Waals surface area contributed by atoms with E-state index in [0.717, 1.165) is 0 Å². The van der Waals surface area contributed by atoms with Gasteiger partial charge in [-0.1, -0.05) is 0 Å². The van der Waals surface area contributed by atoms with Gasteiger partial charge in [0.15, 0.2) is 16.6 Å². The number of thiazole rings is 1. The van der Waals surface area contributed by atoms with E-state index in [0.29, 0.717) is 46.8 Å². The predicted octanol–water partition coefficient (Wildman–Crippen LogP) is 3.41. The molecule has 1 aromatic carbocycles. The molecule has 3 aromatic rings. The standard InChI is InChI=1S/C18H15N3O4S2/c22-16(19-12-1-2-14-15(7-12)25-5-4-24-14)8-13-10-27-18(20-13)21-17(23)11-3-6-26-9-11/h1-3,6-7,9-10H,4-5,8H2,(H,19,22)(H,20,21,23). The number of ether oxygens (including phenoxy) is 2. The lowest BCUT2D eigenvalue weighted by Gasteiger charge is -2.18. The number of thiophene rings is 1. The highest BCUT2D eigenvalue weighted by Crippen LogP contribution is 2.32. The summed E-state index contributed by atoms with van der Waals surface area (Å²) in [6.07, 6.45) is 0.110. The van der Waals surface area contributed by atoms with Gasteiger partial charge in [-0.25, -0.2) is 4.98 Å². The number of amides is 2. The molecule has 27 heavy (non-hydrogen) atoms. The van der Waals surface area contributed by atoms with E-state index in [9.17, 15) is 9.59 Å². The lowest BCUT2D eigenvalue weighted by molar-refractivity contribution is -0.115. The van der Waals surface area contributed by atoms with E-state index in [4.69, 9.17) is 9.47 Å². The average molecular weight is 401 g/mol. The molecule has 1 aliphatic rings. The zero-order valence-corrected chi connectivity index (χ0v) is 15.7. The van der Waals surface area contributed by atoms with Crippen LogP contribution in [0, 0.1) is 0 Å². The molecule has 138 valence electrons. The van der Waals surface area contributed by atoms with Crippen molar-refractivity contribution in [2.24, 2.45) is 0 Å². The second-order valence-electron chi connectivity index (χ2n) is 5.69. The fourth-order valence-corrected chi connectivity index (χ4v) is 3.84. The number of nitrogens with one attached hydrogen (secondary N) is 2. The number of fused-ring (bicyclic) bond motifs is 1. The quantitative estimate of drug-likeness (QED) is 0.684. The first-order chi connectivity index (χ1) is 13.2. The van der Waals surface area contributed by atoms with Gasteiger partial charge >= 0.3 is 0 Å². The Morgan fingerprint density at radius 2 is 1.93 bits per heavy atom. The summed E-state index contributed by atoms with van der Waals surface area (Å²) >= 11 is 2.74. The molecular formula is C18H15N3O4S2. The highest BCUT2D eigenvalue weighted by molar-refractivity contribution is 7.14. The molecule has 4 rings (SSSR count). The molecule has 1 aliphatic heterocycles. The molecule has 0 aliphatic carbocycles. The maximum Gasteiger partial charge on any atom is 0.258 e. The van der Waals surface area contributed by atoms with Crippen molar-refractivity contribution in [3.63, 3.8) is 0 Å². The van der Waals surface area contributed by atoms with Crippen molar-refractivity contribution >= 4 is 45.3 Å². The molecule has 0 radical (unpaired) electrons. The fraction of sp³-hybridized carbons (Fsp3) is 0.167. The minimum absolute atomic E-state index is 0.110. The van der Waals surface area contributed by atoms with Crippen LogP contribution in [0.15, 0.2) is 40.4 Å². The number of hydrogen-bond acceptors (Lipinski definition) is 7. The lowest BCUT2D eigenvalue weighted by atomic mass is 10.2. The van der Waals surface area contributed by atoms with Gasteiger partial charge in [0.2, 0.25) is 5.91 Å². The topological polar surface area (TPSA) is 89.6 Å². The smallest absolute Gasteiger partial charge is 0.258 e. The molecule has 0 fully saturated rings. The van der Waals surface area contributed by atoms with Crippen LogP contribution in [0.1, 0.15) is 16.1 Å². The Labute approximate surface area is 163 Å². The van der Waals surface area contributed by atoms with Crippen molar-refractivity contribution in [1.29, 1.82) is 0 Å². The monoisotopic (exact) mass is 401 g/mol. The van der Waals surface area contributed by atoms with Crippen LogP contribution in [-0.2, 0) is 11.2 Å². The molecule has 3 heterocycles. The zero-order valence-electron chi connectivity index (χ0n) is 14.1. The summed E-state index contributed by atoms with van der Waals surface area (Å²) in [6.45, 7) is 1.01. The van der Waals surface area contributed by atoms with Crippen molar-refractivity contribution in [2.45, 2.75) is 6.42 Å². The molecular weight excluding hydrogens is 386 g/mol. The van der Waals surface area contributed by atoms with Crippen molar-refractivity contribution < 1.29 is 19.1 Å². The highest BCUT2D eigenvalue weighted by atomic mass is 32.1. The minimum atomic E-state index is -0.210. The molecule has 2 aromatic heterocycles. The van der Waals surface area contributed by atoms with E-state index >= 15 is 0 Å². The Balaban J connectivity index is 1.35. The highest BCUT2D eigenvalue weighted by Gasteiger charge is 2.14. The molecule has 2 N–H and O–H groups in total. The first-order valence-electron chi connectivity index (χ1n) is 8.15. The summed E-state index contributed by atoms with van der Waals surface area (Å²) in [7, 11) is 0. The van der Waals surface area contributed by atoms with E-state index in [1.165, 1.54) is 22.7 Å². The van der Waals surface area contributed by atoms with Gasteiger partial charge < -0.3 is 14.8 Å². The number of carbonyl (C=O) groups excluding carboxylic acids is 2. The average Bonchev–Trinajstić information content (AvgIpc) is 3.34. The van der Waals surface area contributed by atoms with E-state index < -0.39 is 0 Å². The summed E-state index contributed by atoms with van der Waals surface area (Å²) in [5, 5.41) is 11.4. The Bertz CT molecular complexity index is 969. The van der Waals surface area contributed by atoms with Crippen LogP contribution in [0.25, 0.3) is 0 Å². The molecule has 0 spiro atoms. The number of rotatable bonds is 5. The number of hydrogen-bond donors (Lipinski definition) is 2. The van der Waals surface area contributed by atoms with Gasteiger partial charge in [0, 0.05) is 22.5 Å². The molecule has 7 nitrogen and oxygen atoms in total. The Hall–Kier alpha value is -2.91. The number of benzene rings is 1. The Morgan fingerprint density at radius 1 is 1.07 bits per heavy atom. The van der Waals surface area contributed by atoms with E-state index in [1.54, 1.807) is 35.0 Å². The van der Waals surface area contributed by atoms with Crippen molar-refractivity contribution in [3.05, 3.63) is 51.7 Å². The molecule has 9 heteroatoms. The largest absolute Gasteiger partial charge is 0.486 e. The third kappa shape index (κ3) is 4.26. The third-order valence-corrected chi connectivity index (χ3v) is 5.21. The number of anilines is 2. The van der Waals surface area contributed by atoms with Crippen LogP contribution >= 0.6 is 22.7 Å². The molecule has 0 bridgehead atoms. The zero-order chi connectivity index (χ0) is 18.6. The van der Waals surface area contributed by atoms with Crippen molar-refractivity contribution in [3.8, 4) is 11.5 Å². The van der Waals surface area contributed by atoms with Gasteiger partial charge in [-0.05, 0) is 23.6 Å². The van der Waals surface area contributed by atoms with Gasteiger partial charge in [0.25, 0.3) is 5.91 Å². The minimum Gasteiger partial charge on any atom is -0.486 e. The molecule has 0 saturated carbocycles. The summed E-state index contributed by atoms with van der Waals surface area (Å²) in [6, 6.07) is 7.01. The first kappa shape index (κ1) is 17.5. The summed E-state index contributed by atoms with van der Waals surface area (Å²) in [4.78, 5) is 28.6. The molecule has 2 amide bonds. The van der Waals surface area contributed by atoms with E-state index in [-0.39, 0.29) is 18.2 Å². The summed E-state index contributed by atoms with van der Waals surface area (Å²) < 4.78 is 11.0. The fourth-order valence-electron chi connectivity index (χ4n) is 2.50. The van der Waals surface area contributed by atoms with Crippen LogP contribution in [0.4, 0.5) is 10.8 Å². The Morgan fingerprint density at radius 3 is 2.74 bits per heavy atom. The van der Waals surface area contributed by atoms with Crippen LogP contribution in [0.5, 0.6) is 11.5 Å². The second-order valence-corrected chi connectivity index (χ2v) is 7.33. The van der Waals surface area contributed by atoms with Crippen LogP contribution in [0.2, 0.25) is 0 Å². The SMILES string of the molecule is O=C(Cc1csc(NC(=O)c2ccsc2)n1)Nc1ccc2c(c1)OCCO2. The lowest BCUT2D eigenvalue weighted by Crippen LogP contribution is -2.17.